The van der Waals surface area contributed by atoms with Crippen LogP contribution in [0.1, 0.15) is 0 Å². The van der Waals surface area contributed by atoms with Crippen LogP contribution >= 0.6 is 15.9 Å². The van der Waals surface area contributed by atoms with E-state index in [1.165, 1.54) is 35.2 Å². The summed E-state index contributed by atoms with van der Waals surface area (Å²) in [4.78, 5) is 29.1. The number of nitrogens with one attached hydrogen (secondary N) is 1. The number of rotatable bonds is 3. The molecule has 1 N–H and O–H groups in total. The van der Waals surface area contributed by atoms with Crippen molar-refractivity contribution in [1.29, 1.82) is 0 Å². The number of halogens is 2. The van der Waals surface area contributed by atoms with Crippen LogP contribution in [0.25, 0.3) is 27.9 Å². The first-order valence-corrected chi connectivity index (χ1v) is 9.58. The molecule has 0 saturated heterocycles. The molecular weight excluding hydrogens is 453 g/mol. The Bertz CT molecular complexity index is 1490. The standard InChI is InChI=1S/C20H11BrFN7O/c21-13-5-2-6-14-16(13)18-27-17(11-3-1-4-12(22)9-11)28-29(18)20(25-14)26-15-10-23-7-8-24-19(15)30/h1-10H,(H,24,25,26,30). The van der Waals surface area contributed by atoms with Crippen molar-refractivity contribution in [2.24, 2.45) is 0 Å². The molecule has 0 amide bonds. The molecule has 0 unspecified atom stereocenters. The van der Waals surface area contributed by atoms with Gasteiger partial charge in [-0.2, -0.15) is 4.52 Å². The minimum absolute atomic E-state index is 0.131. The predicted octanol–water partition coefficient (Wildman–Crippen LogP) is 3.74. The number of hydrogen-bond donors (Lipinski definition) is 1. The van der Waals surface area contributed by atoms with Crippen LogP contribution < -0.4 is 10.9 Å². The van der Waals surface area contributed by atoms with Crippen LogP contribution in [0.2, 0.25) is 0 Å². The first-order chi connectivity index (χ1) is 14.6. The topological polar surface area (TPSA) is 98.0 Å². The van der Waals surface area contributed by atoms with Gasteiger partial charge in [0.15, 0.2) is 11.5 Å². The molecule has 0 saturated carbocycles. The molecule has 5 aromatic rings. The lowest BCUT2D eigenvalue weighted by Gasteiger charge is -2.08. The number of aromatic nitrogens is 6. The highest BCUT2D eigenvalue weighted by molar-refractivity contribution is 9.10. The first-order valence-electron chi connectivity index (χ1n) is 8.78. The fraction of sp³-hybridized carbons (Fsp3) is 0. The SMILES string of the molecule is O=c1nccncc1Nc1nc2cccc(Br)c2c2nc(-c3cccc(F)c3)nn12. The lowest BCUT2D eigenvalue weighted by molar-refractivity contribution is 0.628. The van der Waals surface area contributed by atoms with E-state index < -0.39 is 11.4 Å². The van der Waals surface area contributed by atoms with E-state index in [-0.39, 0.29) is 11.6 Å². The highest BCUT2D eigenvalue weighted by Gasteiger charge is 2.17. The van der Waals surface area contributed by atoms with E-state index in [0.29, 0.717) is 22.6 Å². The minimum Gasteiger partial charge on any atom is -0.318 e. The molecule has 3 aromatic heterocycles. The van der Waals surface area contributed by atoms with Gasteiger partial charge < -0.3 is 5.32 Å². The van der Waals surface area contributed by atoms with Gasteiger partial charge in [0.2, 0.25) is 5.95 Å². The zero-order valence-electron chi connectivity index (χ0n) is 15.1. The quantitative estimate of drug-likeness (QED) is 0.435. The van der Waals surface area contributed by atoms with E-state index in [0.717, 1.165) is 9.86 Å². The monoisotopic (exact) mass is 463 g/mol. The zero-order valence-corrected chi connectivity index (χ0v) is 16.7. The minimum atomic E-state index is -0.498. The maximum absolute atomic E-state index is 13.7. The molecule has 8 nitrogen and oxygen atoms in total. The first kappa shape index (κ1) is 18.3. The van der Waals surface area contributed by atoms with E-state index in [2.05, 4.69) is 46.3 Å². The number of nitrogens with zero attached hydrogens (tertiary/aromatic N) is 6. The molecule has 0 atom stereocenters. The molecule has 0 fully saturated rings. The van der Waals surface area contributed by atoms with Gasteiger partial charge in [-0.3, -0.25) is 9.78 Å². The molecule has 0 bridgehead atoms. The van der Waals surface area contributed by atoms with Crippen LogP contribution in [0.4, 0.5) is 16.0 Å². The predicted molar refractivity (Wildman–Crippen MR) is 113 cm³/mol. The summed E-state index contributed by atoms with van der Waals surface area (Å²) in [5.41, 5.74) is 1.27. The Morgan fingerprint density at radius 3 is 2.80 bits per heavy atom. The highest BCUT2D eigenvalue weighted by Crippen LogP contribution is 2.30. The molecule has 0 aliphatic carbocycles. The van der Waals surface area contributed by atoms with Crippen molar-refractivity contribution in [2.45, 2.75) is 0 Å². The molecular formula is C20H11BrFN7O. The fourth-order valence-corrected chi connectivity index (χ4v) is 3.56. The Kier molecular flexibility index (Phi) is 4.40. The van der Waals surface area contributed by atoms with E-state index in [4.69, 9.17) is 0 Å². The normalized spacial score (nSPS) is 11.1. The van der Waals surface area contributed by atoms with Crippen molar-refractivity contribution < 1.29 is 4.39 Å². The molecule has 0 aliphatic heterocycles. The number of benzene rings is 2. The summed E-state index contributed by atoms with van der Waals surface area (Å²) < 4.78 is 16.0. The Morgan fingerprint density at radius 1 is 1.07 bits per heavy atom. The van der Waals surface area contributed by atoms with Crippen molar-refractivity contribution >= 4 is 44.1 Å². The molecule has 30 heavy (non-hydrogen) atoms. The van der Waals surface area contributed by atoms with Gasteiger partial charge in [0.25, 0.3) is 5.56 Å². The van der Waals surface area contributed by atoms with E-state index >= 15 is 0 Å². The summed E-state index contributed by atoms with van der Waals surface area (Å²) in [6.07, 6.45) is 4.08. The van der Waals surface area contributed by atoms with E-state index in [1.54, 1.807) is 12.1 Å². The van der Waals surface area contributed by atoms with Gasteiger partial charge in [0, 0.05) is 22.4 Å². The van der Waals surface area contributed by atoms with Crippen LogP contribution in [0.5, 0.6) is 0 Å². The molecule has 5 rings (SSSR count). The van der Waals surface area contributed by atoms with Crippen molar-refractivity contribution in [3.05, 3.63) is 81.7 Å². The van der Waals surface area contributed by atoms with Gasteiger partial charge in [0.05, 0.1) is 17.1 Å². The van der Waals surface area contributed by atoms with Crippen molar-refractivity contribution in [2.75, 3.05) is 5.32 Å². The molecule has 10 heteroatoms. The van der Waals surface area contributed by atoms with Crippen LogP contribution in [0.3, 0.4) is 0 Å². The van der Waals surface area contributed by atoms with Gasteiger partial charge >= 0.3 is 0 Å². The summed E-state index contributed by atoms with van der Waals surface area (Å²) in [6, 6.07) is 11.5. The van der Waals surface area contributed by atoms with Gasteiger partial charge in [0.1, 0.15) is 11.5 Å². The average Bonchev–Trinajstić information content (AvgIpc) is 3.08. The van der Waals surface area contributed by atoms with Gasteiger partial charge in [-0.05, 0) is 40.2 Å². The maximum atomic E-state index is 13.7. The average molecular weight is 464 g/mol. The van der Waals surface area contributed by atoms with Crippen LogP contribution in [-0.2, 0) is 0 Å². The highest BCUT2D eigenvalue weighted by atomic mass is 79.9. The smallest absolute Gasteiger partial charge is 0.295 e. The lowest BCUT2D eigenvalue weighted by atomic mass is 10.2. The molecule has 3 heterocycles. The van der Waals surface area contributed by atoms with Crippen molar-refractivity contribution in [3.63, 3.8) is 0 Å². The van der Waals surface area contributed by atoms with Crippen LogP contribution in [-0.4, -0.2) is 29.5 Å². The number of hydrogen-bond acceptors (Lipinski definition) is 7. The van der Waals surface area contributed by atoms with E-state index in [1.807, 2.05) is 18.2 Å². The zero-order chi connectivity index (χ0) is 20.7. The molecule has 146 valence electrons. The van der Waals surface area contributed by atoms with Crippen LogP contribution in [0, 0.1) is 5.82 Å². The Morgan fingerprint density at radius 2 is 1.93 bits per heavy atom. The second-order valence-electron chi connectivity index (χ2n) is 6.30. The molecule has 0 radical (unpaired) electrons. The van der Waals surface area contributed by atoms with Crippen molar-refractivity contribution in [1.82, 2.24) is 29.5 Å². The summed E-state index contributed by atoms with van der Waals surface area (Å²) in [6.45, 7) is 0. The van der Waals surface area contributed by atoms with Crippen molar-refractivity contribution in [3.8, 4) is 11.4 Å². The maximum Gasteiger partial charge on any atom is 0.295 e. The largest absolute Gasteiger partial charge is 0.318 e. The number of anilines is 2. The summed E-state index contributed by atoms with van der Waals surface area (Å²) >= 11 is 3.53. The summed E-state index contributed by atoms with van der Waals surface area (Å²) in [5.74, 6) is 0.177. The van der Waals surface area contributed by atoms with Gasteiger partial charge in [-0.15, -0.1) is 5.10 Å². The fourth-order valence-electron chi connectivity index (χ4n) is 3.03. The summed E-state index contributed by atoms with van der Waals surface area (Å²) in [5, 5.41) is 8.18. The molecule has 0 aliphatic rings. The lowest BCUT2D eigenvalue weighted by Crippen LogP contribution is -2.12. The Labute approximate surface area is 176 Å². The molecule has 2 aromatic carbocycles. The third-order valence-electron chi connectivity index (χ3n) is 4.36. The summed E-state index contributed by atoms with van der Waals surface area (Å²) in [7, 11) is 0. The van der Waals surface area contributed by atoms with E-state index in [9.17, 15) is 9.18 Å². The number of fused-ring (bicyclic) bond motifs is 3. The Balaban J connectivity index is 1.79. The second-order valence-corrected chi connectivity index (χ2v) is 7.15. The third kappa shape index (κ3) is 3.16. The van der Waals surface area contributed by atoms with Crippen LogP contribution in [0.15, 0.2) is 70.3 Å². The molecule has 0 spiro atoms. The van der Waals surface area contributed by atoms with Gasteiger partial charge in [-0.1, -0.05) is 18.2 Å². The third-order valence-corrected chi connectivity index (χ3v) is 5.02. The second kappa shape index (κ2) is 7.23. The van der Waals surface area contributed by atoms with Gasteiger partial charge in [-0.25, -0.2) is 19.3 Å². The Hall–Kier alpha value is -3.79.